The van der Waals surface area contributed by atoms with Gasteiger partial charge in [0.15, 0.2) is 0 Å². The second kappa shape index (κ2) is 13.9. The normalized spacial score (nSPS) is 14.0. The van der Waals surface area contributed by atoms with Crippen molar-refractivity contribution in [2.45, 2.75) is 69.9 Å². The first-order valence-corrected chi connectivity index (χ1v) is 18.4. The van der Waals surface area contributed by atoms with Crippen molar-refractivity contribution in [3.63, 3.8) is 0 Å². The fourth-order valence-electron chi connectivity index (χ4n) is 5.36. The first-order chi connectivity index (χ1) is 20.0. The molecular weight excluding hydrogens is 668 g/mol. The van der Waals surface area contributed by atoms with E-state index < -0.39 is 40.5 Å². The molecule has 0 saturated carbocycles. The summed E-state index contributed by atoms with van der Waals surface area (Å²) in [6.07, 6.45) is -7.90. The van der Waals surface area contributed by atoms with Crippen molar-refractivity contribution >= 4 is 36.7 Å². The molecule has 0 spiro atoms. The van der Waals surface area contributed by atoms with Crippen LogP contribution in [0.25, 0.3) is 0 Å². The quantitative estimate of drug-likeness (QED) is 0.107. The van der Waals surface area contributed by atoms with Gasteiger partial charge in [0.2, 0.25) is 0 Å². The number of rotatable bonds is 13. The average molecular weight is 702 g/mol. The van der Waals surface area contributed by atoms with E-state index in [1.165, 1.54) is 18.2 Å². The van der Waals surface area contributed by atoms with Gasteiger partial charge >= 0.3 is 254 Å². The number of hydrogen-bond acceptors (Lipinski definition) is 1. The van der Waals surface area contributed by atoms with E-state index in [4.69, 9.17) is 5.73 Å². The predicted molar refractivity (Wildman–Crippen MR) is 160 cm³/mol. The summed E-state index contributed by atoms with van der Waals surface area (Å²) in [5, 5.41) is -4.57. The number of nitrogens with two attached hydrogens (primary N) is 1. The fourth-order valence-corrected chi connectivity index (χ4v) is 13.0. The molecule has 0 bridgehead atoms. The van der Waals surface area contributed by atoms with Crippen LogP contribution in [-0.2, 0) is 18.5 Å². The summed E-state index contributed by atoms with van der Waals surface area (Å²) in [6.45, 7) is 0.610. The summed E-state index contributed by atoms with van der Waals surface area (Å²) in [4.78, 5) is 0. The van der Waals surface area contributed by atoms with Crippen LogP contribution in [0, 0.1) is 0 Å². The van der Waals surface area contributed by atoms with Gasteiger partial charge in [-0.15, -0.1) is 0 Å². The summed E-state index contributed by atoms with van der Waals surface area (Å²) in [7, 11) is 0. The van der Waals surface area contributed by atoms with Crippen molar-refractivity contribution < 1.29 is 39.5 Å². The Hall–Kier alpha value is -2.10. The van der Waals surface area contributed by atoms with Crippen LogP contribution in [0.1, 0.15) is 68.1 Å². The number of benzene rings is 3. The van der Waals surface area contributed by atoms with Crippen molar-refractivity contribution in [1.82, 2.24) is 0 Å². The Bertz CT molecular complexity index is 1210. The van der Waals surface area contributed by atoms with Crippen molar-refractivity contribution in [3.05, 3.63) is 89.5 Å². The third-order valence-corrected chi connectivity index (χ3v) is 17.6. The van der Waals surface area contributed by atoms with Crippen molar-refractivity contribution in [2.24, 2.45) is 5.73 Å². The summed E-state index contributed by atoms with van der Waals surface area (Å²) in [5.74, 6) is 0. The topological polar surface area (TPSA) is 26.0 Å². The first kappa shape index (κ1) is 35.4. The Morgan fingerprint density at radius 3 is 1.09 bits per heavy atom. The van der Waals surface area contributed by atoms with Crippen LogP contribution < -0.4 is 21.6 Å². The maximum atomic E-state index is 13.9. The van der Waals surface area contributed by atoms with Crippen LogP contribution in [0.3, 0.4) is 0 Å². The molecule has 238 valence electrons. The van der Waals surface area contributed by atoms with Gasteiger partial charge in [0.25, 0.3) is 0 Å². The van der Waals surface area contributed by atoms with Gasteiger partial charge in [0.05, 0.1) is 0 Å². The first-order valence-electron chi connectivity index (χ1n) is 14.0. The number of halogens is 10. The van der Waals surface area contributed by atoms with Gasteiger partial charge < -0.3 is 0 Å². The summed E-state index contributed by atoms with van der Waals surface area (Å²) < 4.78 is 125. The Kier molecular flexibility index (Phi) is 11.4. The molecule has 0 atom stereocenters. The molecule has 0 aromatic heterocycles. The van der Waals surface area contributed by atoms with E-state index in [9.17, 15) is 39.5 Å². The van der Waals surface area contributed by atoms with Gasteiger partial charge in [-0.3, -0.25) is 0 Å². The van der Waals surface area contributed by atoms with E-state index in [2.05, 4.69) is 15.5 Å². The zero-order chi connectivity index (χ0) is 32.0. The molecule has 2 N–H and O–H groups in total. The van der Waals surface area contributed by atoms with E-state index in [1.54, 1.807) is 0 Å². The Balaban J connectivity index is 2.24. The van der Waals surface area contributed by atoms with Crippen molar-refractivity contribution in [1.29, 1.82) is 0 Å². The van der Waals surface area contributed by atoms with E-state index >= 15 is 0 Å². The van der Waals surface area contributed by atoms with Crippen LogP contribution in [-0.4, -0.2) is 12.7 Å². The molecular formula is C31H34BrF9NP. The molecule has 0 unspecified atom stereocenters. The van der Waals surface area contributed by atoms with E-state index in [0.717, 1.165) is 93.1 Å². The molecule has 0 radical (unpaired) electrons. The maximum absolute atomic E-state index is 13.9. The number of unbranched alkanes of at least 4 members (excludes halogenated alkanes) is 7. The summed E-state index contributed by atoms with van der Waals surface area (Å²) in [6, 6.07) is 12.6. The third-order valence-electron chi connectivity index (χ3n) is 7.67. The van der Waals surface area contributed by atoms with Crippen LogP contribution in [0.15, 0.2) is 72.8 Å². The molecule has 0 fully saturated rings. The second-order valence-corrected chi connectivity index (χ2v) is 19.7. The van der Waals surface area contributed by atoms with Crippen molar-refractivity contribution in [3.8, 4) is 0 Å². The molecule has 3 rings (SSSR count). The minimum absolute atomic E-state index is 0.00117. The van der Waals surface area contributed by atoms with Crippen LogP contribution in [0.4, 0.5) is 39.5 Å². The minimum atomic E-state index is -4.79. The van der Waals surface area contributed by atoms with Gasteiger partial charge in [-0.25, -0.2) is 0 Å². The molecule has 3 aromatic rings. The zero-order valence-corrected chi connectivity index (χ0v) is 25.8. The Labute approximate surface area is 253 Å². The fraction of sp³-hybridized carbons (Fsp3) is 0.419. The molecule has 0 amide bonds. The summed E-state index contributed by atoms with van der Waals surface area (Å²) in [5.41, 5.74) is 2.38. The Morgan fingerprint density at radius 1 is 0.488 bits per heavy atom. The third kappa shape index (κ3) is 8.34. The molecule has 0 aliphatic rings. The van der Waals surface area contributed by atoms with Gasteiger partial charge in [-0.05, 0) is 0 Å². The van der Waals surface area contributed by atoms with Crippen molar-refractivity contribution in [2.75, 3.05) is 12.7 Å². The molecule has 12 heteroatoms. The standard InChI is InChI=1S/C31H34BrF9NP/c32-43(19-8-6-4-2-1-3-5-7-18-42,26-15-9-12-23(20-26)29(33,34)35,27-16-10-13-24(21-27)30(36,37)38)28-17-11-14-25(22-28)31(39,40)41/h9-17,20-22H,1-8,18-19,42H2. The van der Waals surface area contributed by atoms with Gasteiger partial charge in [-0.1, -0.05) is 0 Å². The average Bonchev–Trinajstić information content (AvgIpc) is 2.95. The van der Waals surface area contributed by atoms with Crippen LogP contribution in [0.2, 0.25) is 0 Å². The van der Waals surface area contributed by atoms with E-state index in [1.807, 2.05) is 0 Å². The molecule has 3 aromatic carbocycles. The van der Waals surface area contributed by atoms with Crippen LogP contribution >= 0.6 is 20.8 Å². The molecule has 43 heavy (non-hydrogen) atoms. The zero-order valence-electron chi connectivity index (χ0n) is 23.3. The monoisotopic (exact) mass is 701 g/mol. The predicted octanol–water partition coefficient (Wildman–Crippen LogP) is 9.96. The van der Waals surface area contributed by atoms with Gasteiger partial charge in [0, 0.05) is 0 Å². The molecule has 0 aliphatic heterocycles. The Morgan fingerprint density at radius 2 is 0.791 bits per heavy atom. The molecule has 0 aliphatic carbocycles. The number of alkyl halides is 9. The van der Waals surface area contributed by atoms with Crippen LogP contribution in [0.5, 0.6) is 0 Å². The van der Waals surface area contributed by atoms with Gasteiger partial charge in [-0.2, -0.15) is 0 Å². The van der Waals surface area contributed by atoms with E-state index in [-0.39, 0.29) is 22.1 Å². The molecule has 1 nitrogen and oxygen atoms in total. The van der Waals surface area contributed by atoms with E-state index in [0.29, 0.717) is 19.4 Å². The molecule has 0 saturated heterocycles. The SMILES string of the molecule is NCCCCCCCCCCP(Br)(c1cccc(C(F)(F)F)c1)(c1cccc(C(F)(F)F)c1)c1cccc(C(F)(F)F)c1. The second-order valence-electron chi connectivity index (χ2n) is 10.7. The number of hydrogen-bond donors (Lipinski definition) is 1. The van der Waals surface area contributed by atoms with Gasteiger partial charge in [0.1, 0.15) is 0 Å². The summed E-state index contributed by atoms with van der Waals surface area (Å²) >= 11 is 3.75. The molecule has 0 heterocycles.